The summed E-state index contributed by atoms with van der Waals surface area (Å²) in [4.78, 5) is 3.97. The van der Waals surface area contributed by atoms with Crippen LogP contribution in [0.2, 0.25) is 0 Å². The molecule has 4 heteroatoms. The van der Waals surface area contributed by atoms with Gasteiger partial charge in [-0.1, -0.05) is 0 Å². The average Bonchev–Trinajstić information content (AvgIpc) is 2.78. The molecular formula is C14H25N3S. The minimum Gasteiger partial charge on any atom is -0.329 e. The van der Waals surface area contributed by atoms with Gasteiger partial charge in [0.15, 0.2) is 0 Å². The van der Waals surface area contributed by atoms with Gasteiger partial charge in [0, 0.05) is 24.5 Å². The zero-order chi connectivity index (χ0) is 12.8. The van der Waals surface area contributed by atoms with Gasteiger partial charge in [-0.3, -0.25) is 0 Å². The maximum atomic E-state index is 5.59. The fourth-order valence-corrected chi connectivity index (χ4v) is 3.45. The van der Waals surface area contributed by atoms with Crippen molar-refractivity contribution in [2.45, 2.75) is 26.3 Å². The number of nitrogens with one attached hydrogen (secondary N) is 1. The van der Waals surface area contributed by atoms with E-state index in [9.17, 15) is 0 Å². The van der Waals surface area contributed by atoms with E-state index in [0.717, 1.165) is 32.1 Å². The normalized spacial score (nSPS) is 18.3. The number of hydrogen-bond donors (Lipinski definition) is 2. The number of likely N-dealkylation sites (tertiary alicyclic amines) is 1. The number of nitrogens with two attached hydrogens (primary N) is 1. The Morgan fingerprint density at radius 2 is 2.22 bits per heavy atom. The van der Waals surface area contributed by atoms with Gasteiger partial charge in [-0.2, -0.15) is 0 Å². The molecule has 1 saturated heterocycles. The van der Waals surface area contributed by atoms with E-state index < -0.39 is 0 Å². The summed E-state index contributed by atoms with van der Waals surface area (Å²) in [5, 5.41) is 5.79. The maximum absolute atomic E-state index is 5.59. The molecular weight excluding hydrogens is 242 g/mol. The second-order valence-corrected chi connectivity index (χ2v) is 6.23. The summed E-state index contributed by atoms with van der Waals surface area (Å²) in [5.41, 5.74) is 7.01. The van der Waals surface area contributed by atoms with Gasteiger partial charge in [0.25, 0.3) is 0 Å². The van der Waals surface area contributed by atoms with Crippen molar-refractivity contribution in [2.75, 3.05) is 32.7 Å². The first-order chi connectivity index (χ1) is 8.79. The maximum Gasteiger partial charge on any atom is 0.0302 e. The molecule has 1 aliphatic heterocycles. The van der Waals surface area contributed by atoms with Crippen LogP contribution in [0.25, 0.3) is 0 Å². The number of nitrogens with zero attached hydrogens (tertiary/aromatic N) is 1. The molecule has 1 aromatic heterocycles. The number of aryl methyl sites for hydroxylation is 1. The van der Waals surface area contributed by atoms with Gasteiger partial charge in [-0.15, -0.1) is 11.3 Å². The van der Waals surface area contributed by atoms with Crippen LogP contribution in [-0.4, -0.2) is 37.6 Å². The second-order valence-electron chi connectivity index (χ2n) is 5.23. The molecule has 0 spiro atoms. The molecule has 0 bridgehead atoms. The highest BCUT2D eigenvalue weighted by molar-refractivity contribution is 7.10. The third-order valence-electron chi connectivity index (χ3n) is 3.84. The van der Waals surface area contributed by atoms with Crippen LogP contribution in [0.15, 0.2) is 11.4 Å². The molecule has 0 amide bonds. The van der Waals surface area contributed by atoms with E-state index >= 15 is 0 Å². The Hall–Kier alpha value is -0.420. The monoisotopic (exact) mass is 267 g/mol. The Morgan fingerprint density at radius 1 is 1.44 bits per heavy atom. The predicted octanol–water partition coefficient (Wildman–Crippen LogP) is 1.82. The summed E-state index contributed by atoms with van der Waals surface area (Å²) in [7, 11) is 0. The molecule has 3 N–H and O–H groups in total. The van der Waals surface area contributed by atoms with Crippen LogP contribution in [0.4, 0.5) is 0 Å². The van der Waals surface area contributed by atoms with Crippen molar-refractivity contribution in [1.29, 1.82) is 0 Å². The van der Waals surface area contributed by atoms with Crippen molar-refractivity contribution < 1.29 is 0 Å². The van der Waals surface area contributed by atoms with Crippen molar-refractivity contribution in [2.24, 2.45) is 11.7 Å². The van der Waals surface area contributed by atoms with Gasteiger partial charge in [0.1, 0.15) is 0 Å². The summed E-state index contributed by atoms with van der Waals surface area (Å²) >= 11 is 1.86. The number of piperidine rings is 1. The Kier molecular flexibility index (Phi) is 5.63. The Labute approximate surface area is 114 Å². The van der Waals surface area contributed by atoms with Crippen LogP contribution in [0.1, 0.15) is 23.3 Å². The van der Waals surface area contributed by atoms with E-state index in [4.69, 9.17) is 5.73 Å². The summed E-state index contributed by atoms with van der Waals surface area (Å²) in [6.07, 6.45) is 2.63. The van der Waals surface area contributed by atoms with E-state index in [2.05, 4.69) is 28.6 Å². The fourth-order valence-electron chi connectivity index (χ4n) is 2.57. The summed E-state index contributed by atoms with van der Waals surface area (Å²) in [6.45, 7) is 8.69. The first kappa shape index (κ1) is 14.0. The molecule has 3 nitrogen and oxygen atoms in total. The fraction of sp³-hybridized carbons (Fsp3) is 0.714. The third-order valence-corrected chi connectivity index (χ3v) is 4.86. The summed E-state index contributed by atoms with van der Waals surface area (Å²) < 4.78 is 0. The van der Waals surface area contributed by atoms with Gasteiger partial charge in [0.05, 0.1) is 0 Å². The molecule has 0 aromatic carbocycles. The van der Waals surface area contributed by atoms with E-state index in [-0.39, 0.29) is 0 Å². The molecule has 0 atom stereocenters. The van der Waals surface area contributed by atoms with E-state index in [1.54, 1.807) is 0 Å². The van der Waals surface area contributed by atoms with Crippen LogP contribution in [0.5, 0.6) is 0 Å². The molecule has 0 radical (unpaired) electrons. The lowest BCUT2D eigenvalue weighted by Crippen LogP contribution is -2.39. The van der Waals surface area contributed by atoms with Gasteiger partial charge in [0.2, 0.25) is 0 Å². The molecule has 1 fully saturated rings. The zero-order valence-corrected chi connectivity index (χ0v) is 12.1. The number of thiophene rings is 1. The largest absolute Gasteiger partial charge is 0.329 e. The molecule has 1 aliphatic rings. The Balaban J connectivity index is 1.62. The lowest BCUT2D eigenvalue weighted by molar-refractivity contribution is 0.186. The number of hydrogen-bond acceptors (Lipinski definition) is 4. The molecule has 1 aromatic rings. The lowest BCUT2D eigenvalue weighted by Gasteiger charge is -2.31. The SMILES string of the molecule is Cc1ccsc1CNCC1CCN(CCN)CC1. The van der Waals surface area contributed by atoms with E-state index in [1.807, 2.05) is 11.3 Å². The zero-order valence-electron chi connectivity index (χ0n) is 11.3. The molecule has 2 heterocycles. The van der Waals surface area contributed by atoms with Crippen molar-refractivity contribution in [3.8, 4) is 0 Å². The molecule has 0 saturated carbocycles. The second kappa shape index (κ2) is 7.24. The van der Waals surface area contributed by atoms with Crippen LogP contribution in [0, 0.1) is 12.8 Å². The van der Waals surface area contributed by atoms with Crippen LogP contribution < -0.4 is 11.1 Å². The Bertz CT molecular complexity index is 343. The van der Waals surface area contributed by atoms with Crippen molar-refractivity contribution in [1.82, 2.24) is 10.2 Å². The number of rotatable bonds is 6. The van der Waals surface area contributed by atoms with Gasteiger partial charge in [-0.25, -0.2) is 0 Å². The van der Waals surface area contributed by atoms with Crippen LogP contribution >= 0.6 is 11.3 Å². The quantitative estimate of drug-likeness (QED) is 0.826. The molecule has 0 aliphatic carbocycles. The Morgan fingerprint density at radius 3 is 2.83 bits per heavy atom. The smallest absolute Gasteiger partial charge is 0.0302 e. The van der Waals surface area contributed by atoms with Gasteiger partial charge >= 0.3 is 0 Å². The highest BCUT2D eigenvalue weighted by atomic mass is 32.1. The standard InChI is InChI=1S/C14H25N3S/c1-12-4-9-18-14(12)11-16-10-13-2-6-17(7-3-13)8-5-15/h4,9,13,16H,2-3,5-8,10-11,15H2,1H3. The molecule has 0 unspecified atom stereocenters. The van der Waals surface area contributed by atoms with Crippen LogP contribution in [0.3, 0.4) is 0 Å². The lowest BCUT2D eigenvalue weighted by atomic mass is 9.97. The third kappa shape index (κ3) is 4.05. The van der Waals surface area contributed by atoms with Gasteiger partial charge in [-0.05, 0) is 62.3 Å². The van der Waals surface area contributed by atoms with Crippen LogP contribution in [-0.2, 0) is 6.54 Å². The highest BCUT2D eigenvalue weighted by Gasteiger charge is 2.18. The average molecular weight is 267 g/mol. The first-order valence-corrected chi connectivity index (χ1v) is 7.83. The first-order valence-electron chi connectivity index (χ1n) is 6.95. The van der Waals surface area contributed by atoms with Crippen molar-refractivity contribution in [3.63, 3.8) is 0 Å². The summed E-state index contributed by atoms with van der Waals surface area (Å²) in [5.74, 6) is 0.847. The topological polar surface area (TPSA) is 41.3 Å². The molecule has 2 rings (SSSR count). The van der Waals surface area contributed by atoms with Gasteiger partial charge < -0.3 is 16.0 Å². The minimum atomic E-state index is 0.792. The van der Waals surface area contributed by atoms with Crippen molar-refractivity contribution >= 4 is 11.3 Å². The summed E-state index contributed by atoms with van der Waals surface area (Å²) in [6, 6.07) is 2.20. The minimum absolute atomic E-state index is 0.792. The molecule has 102 valence electrons. The molecule has 18 heavy (non-hydrogen) atoms. The van der Waals surface area contributed by atoms with E-state index in [0.29, 0.717) is 0 Å². The predicted molar refractivity (Wildman–Crippen MR) is 79.0 cm³/mol. The van der Waals surface area contributed by atoms with Crippen molar-refractivity contribution in [3.05, 3.63) is 21.9 Å². The highest BCUT2D eigenvalue weighted by Crippen LogP contribution is 2.17. The van der Waals surface area contributed by atoms with E-state index in [1.165, 1.54) is 36.4 Å².